The van der Waals surface area contributed by atoms with E-state index in [1.807, 2.05) is 0 Å². The first-order chi connectivity index (χ1) is 7.84. The summed E-state index contributed by atoms with van der Waals surface area (Å²) in [6, 6.07) is 4.44. The number of hydrogen-bond donors (Lipinski definition) is 1. The number of carbonyl (C=O) groups is 1. The second-order valence-corrected chi connectivity index (χ2v) is 5.18. The Labute approximate surface area is 101 Å². The van der Waals surface area contributed by atoms with Gasteiger partial charge in [-0.2, -0.15) is 0 Å². The molecule has 0 aliphatic carbocycles. The van der Waals surface area contributed by atoms with E-state index in [0.717, 1.165) is 5.56 Å². The topological polar surface area (TPSA) is 86.5 Å². The van der Waals surface area contributed by atoms with E-state index in [1.54, 1.807) is 19.9 Å². The minimum absolute atomic E-state index is 0.00222. The van der Waals surface area contributed by atoms with Crippen molar-refractivity contribution in [2.24, 2.45) is 5.14 Å². The van der Waals surface area contributed by atoms with Gasteiger partial charge >= 0.3 is 5.97 Å². The third-order valence-electron chi connectivity index (χ3n) is 2.29. The lowest BCUT2D eigenvalue weighted by molar-refractivity contribution is -0.142. The normalized spacial score (nSPS) is 11.2. The molecule has 0 bridgehead atoms. The molecule has 0 saturated heterocycles. The van der Waals surface area contributed by atoms with Crippen LogP contribution in [-0.2, 0) is 26.0 Å². The Hall–Kier alpha value is -1.40. The van der Waals surface area contributed by atoms with Crippen molar-refractivity contribution in [3.63, 3.8) is 0 Å². The Morgan fingerprint density at radius 2 is 2.06 bits per heavy atom. The molecule has 94 valence electrons. The molecule has 0 aliphatic rings. The van der Waals surface area contributed by atoms with Gasteiger partial charge in [-0.25, -0.2) is 13.6 Å². The van der Waals surface area contributed by atoms with E-state index in [2.05, 4.69) is 0 Å². The lowest BCUT2D eigenvalue weighted by Gasteiger charge is -2.07. The fourth-order valence-electron chi connectivity index (χ4n) is 1.38. The molecule has 17 heavy (non-hydrogen) atoms. The minimum Gasteiger partial charge on any atom is -0.466 e. The van der Waals surface area contributed by atoms with E-state index in [1.165, 1.54) is 12.1 Å². The molecule has 0 amide bonds. The molecule has 0 saturated carbocycles. The van der Waals surface area contributed by atoms with Crippen molar-refractivity contribution < 1.29 is 17.9 Å². The van der Waals surface area contributed by atoms with Crippen molar-refractivity contribution in [2.45, 2.75) is 25.2 Å². The van der Waals surface area contributed by atoms with E-state index >= 15 is 0 Å². The van der Waals surface area contributed by atoms with Crippen molar-refractivity contribution >= 4 is 16.0 Å². The van der Waals surface area contributed by atoms with Crippen molar-refractivity contribution in [1.29, 1.82) is 0 Å². The van der Waals surface area contributed by atoms with Crippen LogP contribution < -0.4 is 5.14 Å². The first kappa shape index (κ1) is 13.7. The summed E-state index contributed by atoms with van der Waals surface area (Å²) in [6.07, 6.45) is 0.0447. The molecule has 1 rings (SSSR count). The number of hydrogen-bond acceptors (Lipinski definition) is 4. The zero-order valence-corrected chi connectivity index (χ0v) is 10.6. The monoisotopic (exact) mass is 257 g/mol. The van der Waals surface area contributed by atoms with Crippen LogP contribution in [0.5, 0.6) is 0 Å². The molecule has 6 heteroatoms. The number of sulfonamides is 1. The Balaban J connectivity index is 3.03. The van der Waals surface area contributed by atoms with Gasteiger partial charge in [-0.1, -0.05) is 6.07 Å². The highest BCUT2D eigenvalue weighted by Gasteiger charge is 2.12. The quantitative estimate of drug-likeness (QED) is 0.806. The van der Waals surface area contributed by atoms with Gasteiger partial charge in [-0.05, 0) is 37.1 Å². The van der Waals surface area contributed by atoms with Gasteiger partial charge in [0, 0.05) is 0 Å². The maximum Gasteiger partial charge on any atom is 0.310 e. The highest BCUT2D eigenvalue weighted by Crippen LogP contribution is 2.15. The second-order valence-electron chi connectivity index (χ2n) is 3.62. The molecule has 5 nitrogen and oxygen atoms in total. The van der Waals surface area contributed by atoms with Crippen LogP contribution in [0.1, 0.15) is 18.1 Å². The van der Waals surface area contributed by atoms with Gasteiger partial charge in [0.05, 0.1) is 17.9 Å². The number of primary sulfonamides is 1. The van der Waals surface area contributed by atoms with Crippen molar-refractivity contribution in [2.75, 3.05) is 6.61 Å². The van der Waals surface area contributed by atoms with Crippen LogP contribution in [0.15, 0.2) is 23.1 Å². The van der Waals surface area contributed by atoms with E-state index in [0.29, 0.717) is 12.2 Å². The maximum absolute atomic E-state index is 11.3. The van der Waals surface area contributed by atoms with Crippen molar-refractivity contribution in [3.8, 4) is 0 Å². The fraction of sp³-hybridized carbons (Fsp3) is 0.364. The number of esters is 1. The SMILES string of the molecule is CCOC(=O)Cc1cc(S(N)(=O)=O)ccc1C. The van der Waals surface area contributed by atoms with Crippen LogP contribution in [0, 0.1) is 6.92 Å². The Kier molecular flexibility index (Phi) is 4.25. The Morgan fingerprint density at radius 1 is 1.41 bits per heavy atom. The fourth-order valence-corrected chi connectivity index (χ4v) is 1.95. The van der Waals surface area contributed by atoms with Gasteiger partial charge < -0.3 is 4.74 Å². The van der Waals surface area contributed by atoms with E-state index in [4.69, 9.17) is 9.88 Å². The first-order valence-corrected chi connectivity index (χ1v) is 6.67. The number of ether oxygens (including phenoxy) is 1. The third-order valence-corrected chi connectivity index (χ3v) is 3.20. The molecule has 0 fully saturated rings. The predicted molar refractivity (Wildman–Crippen MR) is 62.9 cm³/mol. The number of benzene rings is 1. The van der Waals surface area contributed by atoms with Crippen LogP contribution in [0.4, 0.5) is 0 Å². The first-order valence-electron chi connectivity index (χ1n) is 5.12. The number of rotatable bonds is 4. The highest BCUT2D eigenvalue weighted by molar-refractivity contribution is 7.89. The van der Waals surface area contributed by atoms with Crippen molar-refractivity contribution in [1.82, 2.24) is 0 Å². The smallest absolute Gasteiger partial charge is 0.310 e. The molecule has 1 aromatic carbocycles. The molecule has 0 aliphatic heterocycles. The summed E-state index contributed by atoms with van der Waals surface area (Å²) in [4.78, 5) is 11.3. The van der Waals surface area contributed by atoms with Crippen LogP contribution in [0.3, 0.4) is 0 Å². The summed E-state index contributed by atoms with van der Waals surface area (Å²) in [6.45, 7) is 3.81. The average molecular weight is 257 g/mol. The van der Waals surface area contributed by atoms with Gasteiger partial charge in [0.15, 0.2) is 0 Å². The largest absolute Gasteiger partial charge is 0.466 e. The number of aryl methyl sites for hydroxylation is 1. The molecular formula is C11H15NO4S. The number of carbonyl (C=O) groups excluding carboxylic acids is 1. The van der Waals surface area contributed by atoms with E-state index in [9.17, 15) is 13.2 Å². The average Bonchev–Trinajstić information content (AvgIpc) is 2.20. The summed E-state index contributed by atoms with van der Waals surface area (Å²) in [5.41, 5.74) is 1.43. The van der Waals surface area contributed by atoms with Gasteiger partial charge in [0.1, 0.15) is 0 Å². The van der Waals surface area contributed by atoms with Crippen LogP contribution in [-0.4, -0.2) is 21.0 Å². The lowest BCUT2D eigenvalue weighted by atomic mass is 10.1. The molecule has 1 aromatic rings. The molecule has 0 heterocycles. The Morgan fingerprint density at radius 3 is 2.59 bits per heavy atom. The maximum atomic E-state index is 11.3. The molecule has 0 unspecified atom stereocenters. The van der Waals surface area contributed by atoms with Gasteiger partial charge in [-0.15, -0.1) is 0 Å². The summed E-state index contributed by atoms with van der Waals surface area (Å²) in [5, 5.41) is 5.02. The molecule has 0 atom stereocenters. The zero-order chi connectivity index (χ0) is 13.1. The number of nitrogens with two attached hydrogens (primary N) is 1. The minimum atomic E-state index is -3.74. The molecule has 0 aromatic heterocycles. The van der Waals surface area contributed by atoms with Gasteiger partial charge in [0.25, 0.3) is 0 Å². The van der Waals surface area contributed by atoms with E-state index in [-0.39, 0.29) is 17.3 Å². The molecular weight excluding hydrogens is 242 g/mol. The molecule has 0 radical (unpaired) electrons. The third kappa shape index (κ3) is 3.83. The highest BCUT2D eigenvalue weighted by atomic mass is 32.2. The summed E-state index contributed by atoms with van der Waals surface area (Å²) >= 11 is 0. The van der Waals surface area contributed by atoms with Crippen LogP contribution >= 0.6 is 0 Å². The van der Waals surface area contributed by atoms with Crippen LogP contribution in [0.25, 0.3) is 0 Å². The predicted octanol–water partition coefficient (Wildman–Crippen LogP) is 0.748. The summed E-state index contributed by atoms with van der Waals surface area (Å²) in [7, 11) is -3.74. The van der Waals surface area contributed by atoms with Crippen molar-refractivity contribution in [3.05, 3.63) is 29.3 Å². The zero-order valence-electron chi connectivity index (χ0n) is 9.76. The standard InChI is InChI=1S/C11H15NO4S/c1-3-16-11(13)7-9-6-10(17(12,14)15)5-4-8(9)2/h4-6H,3,7H2,1-2H3,(H2,12,14,15). The molecule has 2 N–H and O–H groups in total. The molecule has 0 spiro atoms. The summed E-state index contributed by atoms with van der Waals surface area (Å²) in [5.74, 6) is -0.387. The van der Waals surface area contributed by atoms with Crippen LogP contribution in [0.2, 0.25) is 0 Å². The Bertz CT molecular complexity index is 522. The van der Waals surface area contributed by atoms with E-state index < -0.39 is 10.0 Å². The lowest BCUT2D eigenvalue weighted by Crippen LogP contribution is -2.14. The summed E-state index contributed by atoms with van der Waals surface area (Å²) < 4.78 is 27.1. The van der Waals surface area contributed by atoms with Gasteiger partial charge in [0.2, 0.25) is 10.0 Å². The van der Waals surface area contributed by atoms with Gasteiger partial charge in [-0.3, -0.25) is 4.79 Å². The second kappa shape index (κ2) is 5.29.